The Balaban J connectivity index is 1.26. The van der Waals surface area contributed by atoms with Gasteiger partial charge in [-0.1, -0.05) is 23.4 Å². The molecule has 0 N–H and O–H groups in total. The summed E-state index contributed by atoms with van der Waals surface area (Å²) in [7, 11) is 0. The van der Waals surface area contributed by atoms with E-state index in [1.54, 1.807) is 0 Å². The van der Waals surface area contributed by atoms with E-state index in [0.29, 0.717) is 6.54 Å². The van der Waals surface area contributed by atoms with Crippen LogP contribution in [0.4, 0.5) is 5.82 Å². The summed E-state index contributed by atoms with van der Waals surface area (Å²) in [4.78, 5) is 17.4. The molecule has 0 atom stereocenters. The largest absolute Gasteiger partial charge is 0.354 e. The monoisotopic (exact) mass is 430 g/mol. The Morgan fingerprint density at radius 2 is 1.75 bits per heavy atom. The molecule has 1 aliphatic heterocycles. The Morgan fingerprint density at radius 1 is 0.969 bits per heavy atom. The van der Waals surface area contributed by atoms with Crippen LogP contribution in [0.2, 0.25) is 0 Å². The van der Waals surface area contributed by atoms with E-state index < -0.39 is 0 Å². The summed E-state index contributed by atoms with van der Waals surface area (Å²) < 4.78 is 7.37. The van der Waals surface area contributed by atoms with Crippen molar-refractivity contribution in [1.82, 2.24) is 14.6 Å². The van der Waals surface area contributed by atoms with Gasteiger partial charge in [-0.3, -0.25) is 9.69 Å². The van der Waals surface area contributed by atoms with Crippen LogP contribution < -0.4 is 10.5 Å². The van der Waals surface area contributed by atoms with Gasteiger partial charge in [0.2, 0.25) is 0 Å². The lowest BCUT2D eigenvalue weighted by molar-refractivity contribution is 0.259. The van der Waals surface area contributed by atoms with Gasteiger partial charge in [-0.15, -0.1) is 0 Å². The number of aromatic nitrogens is 2. The molecule has 166 valence electrons. The molecule has 3 heterocycles. The molecule has 1 saturated heterocycles. The summed E-state index contributed by atoms with van der Waals surface area (Å²) >= 11 is 0. The van der Waals surface area contributed by atoms with Crippen molar-refractivity contribution in [2.75, 3.05) is 37.6 Å². The molecular weight excluding hydrogens is 400 g/mol. The summed E-state index contributed by atoms with van der Waals surface area (Å²) in [6, 6.07) is 14.6. The Hall–Kier alpha value is -3.12. The molecule has 0 amide bonds. The van der Waals surface area contributed by atoms with Gasteiger partial charge < -0.3 is 14.0 Å². The highest BCUT2D eigenvalue weighted by atomic mass is 16.5. The molecule has 0 aliphatic carbocycles. The molecule has 5 rings (SSSR count). The molecule has 0 spiro atoms. The van der Waals surface area contributed by atoms with Crippen LogP contribution in [0.25, 0.3) is 21.9 Å². The molecule has 0 bridgehead atoms. The maximum absolute atomic E-state index is 12.6. The Morgan fingerprint density at radius 3 is 2.53 bits per heavy atom. The summed E-state index contributed by atoms with van der Waals surface area (Å²) in [5.74, 6) is 0.961. The van der Waals surface area contributed by atoms with Crippen LogP contribution in [0.5, 0.6) is 0 Å². The number of hydrogen-bond donors (Lipinski definition) is 0. The molecule has 0 radical (unpaired) electrons. The Bertz CT molecular complexity index is 1330. The van der Waals surface area contributed by atoms with Gasteiger partial charge in [0.05, 0.1) is 10.9 Å². The topological polar surface area (TPSA) is 54.5 Å². The highest BCUT2D eigenvalue weighted by Crippen LogP contribution is 2.27. The van der Waals surface area contributed by atoms with Crippen molar-refractivity contribution in [1.29, 1.82) is 0 Å². The number of nitrogens with zero attached hydrogens (tertiary/aromatic N) is 4. The minimum absolute atomic E-state index is 0.128. The van der Waals surface area contributed by atoms with E-state index in [0.717, 1.165) is 72.6 Å². The van der Waals surface area contributed by atoms with Crippen molar-refractivity contribution in [3.05, 3.63) is 69.5 Å². The Kier molecular flexibility index (Phi) is 5.47. The zero-order valence-corrected chi connectivity index (χ0v) is 19.1. The van der Waals surface area contributed by atoms with Crippen LogP contribution in [-0.4, -0.2) is 47.3 Å². The van der Waals surface area contributed by atoms with Crippen LogP contribution >= 0.6 is 0 Å². The molecule has 32 heavy (non-hydrogen) atoms. The number of fused-ring (bicyclic) bond motifs is 2. The predicted octanol–water partition coefficient (Wildman–Crippen LogP) is 4.14. The number of rotatable bonds is 5. The molecule has 1 fully saturated rings. The van der Waals surface area contributed by atoms with Gasteiger partial charge in [-0.05, 0) is 62.6 Å². The van der Waals surface area contributed by atoms with E-state index in [-0.39, 0.29) is 5.56 Å². The first-order valence-corrected chi connectivity index (χ1v) is 11.5. The lowest BCUT2D eigenvalue weighted by Crippen LogP contribution is -2.47. The zero-order valence-electron chi connectivity index (χ0n) is 19.1. The fourth-order valence-corrected chi connectivity index (χ4v) is 4.83. The lowest BCUT2D eigenvalue weighted by atomic mass is 10.0. The molecular formula is C26H30N4O2. The van der Waals surface area contributed by atoms with Crippen LogP contribution in [0, 0.1) is 13.8 Å². The zero-order chi connectivity index (χ0) is 22.2. The molecule has 2 aromatic heterocycles. The second-order valence-corrected chi connectivity index (χ2v) is 8.73. The smallest absolute Gasteiger partial charge is 0.254 e. The van der Waals surface area contributed by atoms with E-state index in [4.69, 9.17) is 4.52 Å². The third-order valence-electron chi connectivity index (χ3n) is 6.95. The molecule has 0 saturated carbocycles. The van der Waals surface area contributed by atoms with E-state index in [1.165, 1.54) is 10.9 Å². The third-order valence-corrected chi connectivity index (χ3v) is 6.95. The predicted molar refractivity (Wildman–Crippen MR) is 130 cm³/mol. The summed E-state index contributed by atoms with van der Waals surface area (Å²) in [6.45, 7) is 11.7. The average molecular weight is 431 g/mol. The summed E-state index contributed by atoms with van der Waals surface area (Å²) in [6.07, 6.45) is 1.01. The van der Waals surface area contributed by atoms with Gasteiger partial charge in [0.1, 0.15) is 0 Å². The number of anilines is 1. The van der Waals surface area contributed by atoms with Crippen molar-refractivity contribution in [2.24, 2.45) is 0 Å². The van der Waals surface area contributed by atoms with Gasteiger partial charge in [-0.25, -0.2) is 0 Å². The van der Waals surface area contributed by atoms with Gasteiger partial charge in [-0.2, -0.15) is 0 Å². The van der Waals surface area contributed by atoms with E-state index >= 15 is 0 Å². The molecule has 4 aromatic rings. The average Bonchev–Trinajstić information content (AvgIpc) is 3.26. The van der Waals surface area contributed by atoms with Crippen molar-refractivity contribution in [2.45, 2.75) is 33.7 Å². The normalized spacial score (nSPS) is 15.2. The number of pyridine rings is 1. The van der Waals surface area contributed by atoms with E-state index in [2.05, 4.69) is 46.1 Å². The number of aryl methyl sites for hydroxylation is 2. The van der Waals surface area contributed by atoms with Crippen LogP contribution in [-0.2, 0) is 13.0 Å². The first-order chi connectivity index (χ1) is 15.6. The number of hydrogen-bond acceptors (Lipinski definition) is 5. The van der Waals surface area contributed by atoms with E-state index in [9.17, 15) is 4.79 Å². The van der Waals surface area contributed by atoms with Crippen LogP contribution in [0.1, 0.15) is 23.6 Å². The minimum Gasteiger partial charge on any atom is -0.354 e. The SMILES string of the molecule is CCn1c(=O)c(C)c(C)c2cc(CCN3CCN(c4noc5ccccc45)CC3)ccc21. The molecule has 2 aromatic carbocycles. The fraction of sp³-hybridized carbons (Fsp3) is 0.385. The maximum atomic E-state index is 12.6. The minimum atomic E-state index is 0.128. The van der Waals surface area contributed by atoms with Gasteiger partial charge >= 0.3 is 0 Å². The number of benzene rings is 2. The van der Waals surface area contributed by atoms with Crippen LogP contribution in [0.15, 0.2) is 51.8 Å². The third kappa shape index (κ3) is 3.58. The van der Waals surface area contributed by atoms with Gasteiger partial charge in [0.25, 0.3) is 5.56 Å². The second kappa shape index (κ2) is 8.43. The van der Waals surface area contributed by atoms with Crippen molar-refractivity contribution < 1.29 is 4.52 Å². The number of piperazine rings is 1. The molecule has 6 nitrogen and oxygen atoms in total. The van der Waals surface area contributed by atoms with Crippen molar-refractivity contribution in [3.8, 4) is 0 Å². The quantitative estimate of drug-likeness (QED) is 0.476. The maximum Gasteiger partial charge on any atom is 0.254 e. The fourth-order valence-electron chi connectivity index (χ4n) is 4.83. The second-order valence-electron chi connectivity index (χ2n) is 8.73. The van der Waals surface area contributed by atoms with Crippen LogP contribution in [0.3, 0.4) is 0 Å². The van der Waals surface area contributed by atoms with Gasteiger partial charge in [0, 0.05) is 50.2 Å². The first-order valence-electron chi connectivity index (χ1n) is 11.5. The lowest BCUT2D eigenvalue weighted by Gasteiger charge is -2.34. The standard InChI is InChI=1S/C26H30N4O2/c1-4-30-23-10-9-20(17-22(23)18(2)19(3)26(30)31)11-12-28-13-15-29(16-14-28)25-21-7-5-6-8-24(21)32-27-25/h5-10,17H,4,11-16H2,1-3H3. The molecule has 1 aliphatic rings. The first kappa shape index (κ1) is 20.8. The summed E-state index contributed by atoms with van der Waals surface area (Å²) in [5, 5.41) is 6.60. The summed E-state index contributed by atoms with van der Waals surface area (Å²) in [5.41, 5.74) is 5.30. The number of para-hydroxylation sites is 1. The molecule has 6 heteroatoms. The van der Waals surface area contributed by atoms with Crippen molar-refractivity contribution >= 4 is 27.7 Å². The highest BCUT2D eigenvalue weighted by molar-refractivity contribution is 5.88. The van der Waals surface area contributed by atoms with E-state index in [1.807, 2.05) is 36.6 Å². The Labute approximate surface area is 188 Å². The van der Waals surface area contributed by atoms with Crippen molar-refractivity contribution in [3.63, 3.8) is 0 Å². The highest BCUT2D eigenvalue weighted by Gasteiger charge is 2.21. The molecule has 0 unspecified atom stereocenters. The van der Waals surface area contributed by atoms with Gasteiger partial charge in [0.15, 0.2) is 11.4 Å².